The van der Waals surface area contributed by atoms with E-state index in [9.17, 15) is 19.8 Å². The van der Waals surface area contributed by atoms with Gasteiger partial charge >= 0.3 is 0 Å². The van der Waals surface area contributed by atoms with Crippen LogP contribution < -0.4 is 5.32 Å². The molecule has 1 fully saturated rings. The third-order valence-electron chi connectivity index (χ3n) is 7.18. The molecule has 0 bridgehead atoms. The summed E-state index contributed by atoms with van der Waals surface area (Å²) in [4.78, 5) is 24.4. The molecule has 3 N–H and O–H groups in total. The number of allylic oxidation sites excluding steroid dienone is 8. The predicted molar refractivity (Wildman–Crippen MR) is 143 cm³/mol. The Bertz CT molecular complexity index is 868. The Morgan fingerprint density at radius 1 is 1.20 bits per heavy atom. The van der Waals surface area contributed by atoms with Crippen LogP contribution >= 0.6 is 0 Å². The van der Waals surface area contributed by atoms with Crippen molar-refractivity contribution in [3.05, 3.63) is 60.3 Å². The van der Waals surface area contributed by atoms with E-state index in [-0.39, 0.29) is 36.6 Å². The first-order valence-electron chi connectivity index (χ1n) is 13.1. The van der Waals surface area contributed by atoms with Crippen LogP contribution in [0.4, 0.5) is 0 Å². The number of amides is 1. The summed E-state index contributed by atoms with van der Waals surface area (Å²) < 4.78 is 0. The topological polar surface area (TPSA) is 86.6 Å². The van der Waals surface area contributed by atoms with Crippen LogP contribution in [0.1, 0.15) is 66.7 Å². The van der Waals surface area contributed by atoms with Gasteiger partial charge in [0, 0.05) is 18.4 Å². The fourth-order valence-corrected chi connectivity index (χ4v) is 5.10. The highest BCUT2D eigenvalue weighted by Crippen LogP contribution is 2.52. The molecule has 2 aliphatic carbocycles. The number of aliphatic hydroxyl groups excluding tert-OH is 1. The van der Waals surface area contributed by atoms with E-state index in [0.29, 0.717) is 17.8 Å². The van der Waals surface area contributed by atoms with Gasteiger partial charge in [0.05, 0.1) is 12.6 Å². The molecule has 194 valence electrons. The van der Waals surface area contributed by atoms with Gasteiger partial charge in [0.2, 0.25) is 5.91 Å². The van der Waals surface area contributed by atoms with E-state index in [1.54, 1.807) is 12.2 Å². The van der Waals surface area contributed by atoms with Gasteiger partial charge in [0.25, 0.3) is 0 Å². The fraction of sp³-hybridized carbons (Fsp3) is 0.600. The first kappa shape index (κ1) is 29.0. The molecule has 0 aromatic carbocycles. The maximum Gasteiger partial charge on any atom is 0.244 e. The zero-order valence-corrected chi connectivity index (χ0v) is 22.1. The molecular weight excluding hydrogens is 438 g/mol. The fourth-order valence-electron chi connectivity index (χ4n) is 5.10. The number of carbonyl (C=O) groups excluding carboxylic acids is 2. The zero-order valence-electron chi connectivity index (χ0n) is 22.1. The van der Waals surface area contributed by atoms with E-state index >= 15 is 0 Å². The SMILES string of the molecule is CCC(C)/C=C(\C)CC(C)CC(C)/C=C/C=C/C=C/C(=O)N[C@H](CO)C[C@@]1(O)C(=O)C=C[C@@H]2C[C@@H]21. The molecule has 35 heavy (non-hydrogen) atoms. The monoisotopic (exact) mass is 483 g/mol. The average molecular weight is 484 g/mol. The number of ketones is 1. The molecule has 0 aromatic heterocycles. The lowest BCUT2D eigenvalue weighted by Crippen LogP contribution is -2.50. The molecule has 3 unspecified atom stereocenters. The van der Waals surface area contributed by atoms with Gasteiger partial charge in [-0.2, -0.15) is 0 Å². The van der Waals surface area contributed by atoms with E-state index in [1.807, 2.05) is 18.2 Å². The Hall–Kier alpha value is -2.24. The second-order valence-electron chi connectivity index (χ2n) is 10.8. The highest BCUT2D eigenvalue weighted by Gasteiger charge is 2.57. The van der Waals surface area contributed by atoms with Crippen LogP contribution in [0.25, 0.3) is 0 Å². The lowest BCUT2D eigenvalue weighted by Gasteiger charge is -2.31. The predicted octanol–water partition coefficient (Wildman–Crippen LogP) is 5.07. The number of rotatable bonds is 14. The second-order valence-corrected chi connectivity index (χ2v) is 10.8. The molecule has 0 saturated heterocycles. The maximum atomic E-state index is 12.2. The van der Waals surface area contributed by atoms with Gasteiger partial charge in [-0.05, 0) is 55.9 Å². The van der Waals surface area contributed by atoms with Crippen molar-refractivity contribution in [1.82, 2.24) is 5.32 Å². The summed E-state index contributed by atoms with van der Waals surface area (Å²) in [5.74, 6) is 1.17. The highest BCUT2D eigenvalue weighted by molar-refractivity contribution is 5.99. The van der Waals surface area contributed by atoms with Crippen molar-refractivity contribution in [3.63, 3.8) is 0 Å². The third kappa shape index (κ3) is 9.38. The quantitative estimate of drug-likeness (QED) is 0.183. The van der Waals surface area contributed by atoms with E-state index in [2.05, 4.69) is 52.1 Å². The highest BCUT2D eigenvalue weighted by atomic mass is 16.3. The number of carbonyl (C=O) groups is 2. The normalized spacial score (nSPS) is 27.9. The largest absolute Gasteiger partial charge is 0.394 e. The number of hydrogen-bond acceptors (Lipinski definition) is 4. The van der Waals surface area contributed by atoms with Crippen molar-refractivity contribution in [1.29, 1.82) is 0 Å². The van der Waals surface area contributed by atoms with Crippen LogP contribution in [-0.2, 0) is 9.59 Å². The summed E-state index contributed by atoms with van der Waals surface area (Å²) >= 11 is 0. The van der Waals surface area contributed by atoms with Crippen molar-refractivity contribution >= 4 is 11.7 Å². The molecule has 5 heteroatoms. The Balaban J connectivity index is 1.73. The average Bonchev–Trinajstić information content (AvgIpc) is 3.59. The maximum absolute atomic E-state index is 12.2. The van der Waals surface area contributed by atoms with Gasteiger partial charge in [0.15, 0.2) is 5.78 Å². The Morgan fingerprint density at radius 3 is 2.60 bits per heavy atom. The minimum Gasteiger partial charge on any atom is -0.394 e. The Morgan fingerprint density at radius 2 is 1.91 bits per heavy atom. The van der Waals surface area contributed by atoms with Gasteiger partial charge in [-0.1, -0.05) is 82.2 Å². The lowest BCUT2D eigenvalue weighted by molar-refractivity contribution is -0.138. The van der Waals surface area contributed by atoms with Crippen molar-refractivity contribution in [3.8, 4) is 0 Å². The minimum atomic E-state index is -1.49. The molecule has 0 aliphatic heterocycles. The van der Waals surface area contributed by atoms with Gasteiger partial charge in [0.1, 0.15) is 5.60 Å². The van der Waals surface area contributed by atoms with Crippen molar-refractivity contribution in [2.75, 3.05) is 6.61 Å². The van der Waals surface area contributed by atoms with Gasteiger partial charge in [-0.25, -0.2) is 0 Å². The lowest BCUT2D eigenvalue weighted by atomic mass is 9.82. The minimum absolute atomic E-state index is 0.0231. The van der Waals surface area contributed by atoms with Crippen LogP contribution in [0.15, 0.2) is 60.3 Å². The summed E-state index contributed by atoms with van der Waals surface area (Å²) in [5.41, 5.74) is -0.0196. The Kier molecular flexibility index (Phi) is 11.4. The number of nitrogens with one attached hydrogen (secondary N) is 1. The summed E-state index contributed by atoms with van der Waals surface area (Å²) in [6, 6.07) is -0.677. The van der Waals surface area contributed by atoms with Gasteiger partial charge in [-0.15, -0.1) is 0 Å². The van der Waals surface area contributed by atoms with Crippen molar-refractivity contribution < 1.29 is 19.8 Å². The van der Waals surface area contributed by atoms with Crippen LogP contribution in [-0.4, -0.2) is 40.2 Å². The second kappa shape index (κ2) is 13.7. The molecule has 1 saturated carbocycles. The zero-order chi connectivity index (χ0) is 26.0. The van der Waals surface area contributed by atoms with Gasteiger partial charge in [-0.3, -0.25) is 9.59 Å². The molecular formula is C30H45NO4. The van der Waals surface area contributed by atoms with Crippen molar-refractivity contribution in [2.24, 2.45) is 29.6 Å². The number of aliphatic hydroxyl groups is 2. The smallest absolute Gasteiger partial charge is 0.244 e. The van der Waals surface area contributed by atoms with Gasteiger partial charge < -0.3 is 15.5 Å². The first-order valence-corrected chi connectivity index (χ1v) is 13.1. The van der Waals surface area contributed by atoms with Crippen LogP contribution in [0.5, 0.6) is 0 Å². The summed E-state index contributed by atoms with van der Waals surface area (Å²) in [6.45, 7) is 10.9. The summed E-state index contributed by atoms with van der Waals surface area (Å²) in [6.07, 6.45) is 20.8. The molecule has 0 radical (unpaired) electrons. The van der Waals surface area contributed by atoms with E-state index < -0.39 is 11.6 Å². The Labute approximate surface area is 211 Å². The summed E-state index contributed by atoms with van der Waals surface area (Å²) in [7, 11) is 0. The van der Waals surface area contributed by atoms with E-state index in [0.717, 1.165) is 19.3 Å². The van der Waals surface area contributed by atoms with E-state index in [1.165, 1.54) is 24.1 Å². The molecule has 0 heterocycles. The van der Waals surface area contributed by atoms with Crippen LogP contribution in [0.2, 0.25) is 0 Å². The first-order chi connectivity index (χ1) is 16.6. The van der Waals surface area contributed by atoms with Crippen LogP contribution in [0, 0.1) is 29.6 Å². The van der Waals surface area contributed by atoms with Crippen molar-refractivity contribution in [2.45, 2.75) is 78.4 Å². The molecule has 5 nitrogen and oxygen atoms in total. The number of hydrogen-bond donors (Lipinski definition) is 3. The number of fused-ring (bicyclic) bond motifs is 1. The molecule has 2 rings (SSSR count). The van der Waals surface area contributed by atoms with E-state index in [4.69, 9.17) is 0 Å². The molecule has 2 aliphatic rings. The standard InChI is InChI=1S/C30H45NO4/c1-6-21(2)15-23(4)17-24(5)16-22(3)11-9-7-8-10-12-29(34)31-26(20-32)19-30(35)27-18-25(27)13-14-28(30)33/h7-15,21-22,24-27,32,35H,6,16-20H2,1-5H3,(H,31,34)/b8-7+,11-9+,12-10+,23-15+/t21?,22?,24?,25-,26+,27+,30+/m1/s1. The van der Waals surface area contributed by atoms with Crippen LogP contribution in [0.3, 0.4) is 0 Å². The third-order valence-corrected chi connectivity index (χ3v) is 7.18. The molecule has 1 amide bonds. The summed E-state index contributed by atoms with van der Waals surface area (Å²) in [5, 5.41) is 23.2. The molecule has 0 spiro atoms. The molecule has 7 atom stereocenters. The molecule has 0 aromatic rings.